The molecular weight excluding hydrogens is 209 g/mol. The average Bonchev–Trinajstić information content (AvgIpc) is 1.81. The van der Waals surface area contributed by atoms with Crippen molar-refractivity contribution in [2.24, 2.45) is 0 Å². The van der Waals surface area contributed by atoms with Gasteiger partial charge in [0.1, 0.15) is 0 Å². The summed E-state index contributed by atoms with van der Waals surface area (Å²) >= 11 is 4.31. The molecule has 0 aromatic carbocycles. The first-order valence-corrected chi connectivity index (χ1v) is 2.90. The Kier molecular flexibility index (Phi) is 2.74. The third kappa shape index (κ3) is 1.68. The molecular formula is C5H3ClF6. The van der Waals surface area contributed by atoms with E-state index >= 15 is 0 Å². The lowest BCUT2D eigenvalue weighted by Gasteiger charge is -2.28. The Morgan fingerprint density at radius 3 is 1.17 bits per heavy atom. The molecule has 0 unspecified atom stereocenters. The normalized spacial score (nSPS) is 14.6. The summed E-state index contributed by atoms with van der Waals surface area (Å²) in [5, 5.41) is 0. The molecule has 0 bridgehead atoms. The van der Waals surface area contributed by atoms with Crippen LogP contribution in [0.3, 0.4) is 0 Å². The van der Waals surface area contributed by atoms with Gasteiger partial charge in [-0.2, -0.15) is 26.3 Å². The molecule has 0 atom stereocenters. The molecule has 0 aliphatic rings. The van der Waals surface area contributed by atoms with Gasteiger partial charge < -0.3 is 0 Å². The molecule has 0 nitrogen and oxygen atoms in total. The minimum atomic E-state index is -5.59. The summed E-state index contributed by atoms with van der Waals surface area (Å²) in [4.78, 5) is -4.35. The molecule has 0 aromatic rings. The quantitative estimate of drug-likeness (QED) is 0.355. The molecule has 0 N–H and O–H groups in total. The van der Waals surface area contributed by atoms with E-state index in [4.69, 9.17) is 0 Å². The van der Waals surface area contributed by atoms with Crippen LogP contribution in [0.5, 0.6) is 0 Å². The fraction of sp³-hybridized carbons (Fsp3) is 0.600. The van der Waals surface area contributed by atoms with Crippen molar-refractivity contribution in [3.63, 3.8) is 0 Å². The van der Waals surface area contributed by atoms with Gasteiger partial charge >= 0.3 is 12.4 Å². The van der Waals surface area contributed by atoms with E-state index in [-0.39, 0.29) is 6.08 Å². The smallest absolute Gasteiger partial charge is 0.168 e. The molecule has 7 heteroatoms. The molecule has 0 radical (unpaired) electrons. The Balaban J connectivity index is 5.09. The van der Waals surface area contributed by atoms with Crippen molar-refractivity contribution in [1.82, 2.24) is 0 Å². The fourth-order valence-electron chi connectivity index (χ4n) is 0.392. The minimum absolute atomic E-state index is 0.380. The van der Waals surface area contributed by atoms with Gasteiger partial charge in [-0.25, -0.2) is 0 Å². The Morgan fingerprint density at radius 1 is 0.917 bits per heavy atom. The summed E-state index contributed by atoms with van der Waals surface area (Å²) in [6.45, 7) is 2.39. The fourth-order valence-corrected chi connectivity index (χ4v) is 0.392. The van der Waals surface area contributed by atoms with Crippen LogP contribution in [-0.2, 0) is 0 Å². The van der Waals surface area contributed by atoms with Crippen molar-refractivity contribution in [2.75, 3.05) is 0 Å². The Bertz CT molecular complexity index is 163. The summed E-state index contributed by atoms with van der Waals surface area (Å²) in [6, 6.07) is 0. The number of halogens is 7. The molecule has 0 saturated heterocycles. The molecule has 0 spiro atoms. The van der Waals surface area contributed by atoms with Gasteiger partial charge in [-0.05, 0) is 0 Å². The van der Waals surface area contributed by atoms with Crippen molar-refractivity contribution in [3.05, 3.63) is 12.7 Å². The first-order valence-electron chi connectivity index (χ1n) is 2.52. The second-order valence-electron chi connectivity index (χ2n) is 1.91. The van der Waals surface area contributed by atoms with Gasteiger partial charge in [0, 0.05) is 0 Å². The number of alkyl halides is 7. The van der Waals surface area contributed by atoms with Gasteiger partial charge in [-0.3, -0.25) is 0 Å². The largest absolute Gasteiger partial charge is 0.420 e. The lowest BCUT2D eigenvalue weighted by Crippen LogP contribution is -2.50. The molecule has 0 amide bonds. The van der Waals surface area contributed by atoms with Gasteiger partial charge in [-0.1, -0.05) is 17.7 Å². The molecule has 0 aromatic heterocycles. The monoisotopic (exact) mass is 212 g/mol. The molecule has 0 rings (SSSR count). The van der Waals surface area contributed by atoms with Crippen LogP contribution in [0.2, 0.25) is 0 Å². The van der Waals surface area contributed by atoms with Crippen LogP contribution in [0, 0.1) is 0 Å². The van der Waals surface area contributed by atoms with Gasteiger partial charge in [0.15, 0.2) is 0 Å². The minimum Gasteiger partial charge on any atom is -0.168 e. The van der Waals surface area contributed by atoms with Crippen LogP contribution < -0.4 is 0 Å². The van der Waals surface area contributed by atoms with E-state index in [0.717, 1.165) is 0 Å². The Morgan fingerprint density at radius 2 is 1.17 bits per heavy atom. The summed E-state index contributed by atoms with van der Waals surface area (Å²) < 4.78 is 70.1. The van der Waals surface area contributed by atoms with E-state index in [1.807, 2.05) is 0 Å². The van der Waals surface area contributed by atoms with Crippen LogP contribution in [0.4, 0.5) is 26.3 Å². The zero-order valence-corrected chi connectivity index (χ0v) is 6.19. The van der Waals surface area contributed by atoms with E-state index < -0.39 is 17.2 Å². The highest BCUT2D eigenvalue weighted by Gasteiger charge is 2.68. The van der Waals surface area contributed by atoms with Crippen LogP contribution in [0.15, 0.2) is 12.7 Å². The van der Waals surface area contributed by atoms with Crippen molar-refractivity contribution >= 4 is 11.6 Å². The maximum Gasteiger partial charge on any atom is 0.420 e. The molecule has 0 aliphatic heterocycles. The van der Waals surface area contributed by atoms with Gasteiger partial charge in [-0.15, -0.1) is 6.58 Å². The molecule has 0 heterocycles. The van der Waals surface area contributed by atoms with E-state index in [1.54, 1.807) is 0 Å². The summed E-state index contributed by atoms with van der Waals surface area (Å²) in [7, 11) is 0. The lowest BCUT2D eigenvalue weighted by atomic mass is 10.1. The highest BCUT2D eigenvalue weighted by Crippen LogP contribution is 2.48. The summed E-state index contributed by atoms with van der Waals surface area (Å²) in [5.41, 5.74) is 0. The second kappa shape index (κ2) is 2.83. The zero-order valence-electron chi connectivity index (χ0n) is 5.43. The average molecular weight is 213 g/mol. The summed E-state index contributed by atoms with van der Waals surface area (Å²) in [6.07, 6.45) is -11.6. The molecule has 0 aliphatic carbocycles. The van der Waals surface area contributed by atoms with Gasteiger partial charge in [0.2, 0.25) is 0 Å². The van der Waals surface area contributed by atoms with Gasteiger partial charge in [0.25, 0.3) is 4.87 Å². The first kappa shape index (κ1) is 11.6. The van der Waals surface area contributed by atoms with Crippen molar-refractivity contribution in [1.29, 1.82) is 0 Å². The number of rotatable bonds is 1. The second-order valence-corrected chi connectivity index (χ2v) is 2.51. The van der Waals surface area contributed by atoms with Crippen LogP contribution in [0.1, 0.15) is 0 Å². The highest BCUT2D eigenvalue weighted by atomic mass is 35.5. The predicted molar refractivity (Wildman–Crippen MR) is 30.9 cm³/mol. The third-order valence-corrected chi connectivity index (χ3v) is 1.69. The van der Waals surface area contributed by atoms with E-state index in [2.05, 4.69) is 18.2 Å². The van der Waals surface area contributed by atoms with Crippen LogP contribution >= 0.6 is 11.6 Å². The topological polar surface area (TPSA) is 0 Å². The maximum atomic E-state index is 11.7. The predicted octanol–water partition coefficient (Wildman–Crippen LogP) is 3.27. The van der Waals surface area contributed by atoms with Crippen LogP contribution in [-0.4, -0.2) is 17.2 Å². The third-order valence-electron chi connectivity index (χ3n) is 1.11. The van der Waals surface area contributed by atoms with E-state index in [9.17, 15) is 26.3 Å². The molecule has 72 valence electrons. The highest BCUT2D eigenvalue weighted by molar-refractivity contribution is 6.26. The molecule has 0 fully saturated rings. The maximum absolute atomic E-state index is 11.7. The first-order chi connectivity index (χ1) is 5.06. The van der Waals surface area contributed by atoms with Gasteiger partial charge in [0.05, 0.1) is 0 Å². The number of allylic oxidation sites excluding steroid dienone is 1. The Hall–Kier alpha value is -0.390. The lowest BCUT2D eigenvalue weighted by molar-refractivity contribution is -0.253. The van der Waals surface area contributed by atoms with Crippen LogP contribution in [0.25, 0.3) is 0 Å². The molecule has 0 saturated carbocycles. The number of hydrogen-bond donors (Lipinski definition) is 0. The van der Waals surface area contributed by atoms with Crippen molar-refractivity contribution in [2.45, 2.75) is 17.2 Å². The van der Waals surface area contributed by atoms with Crippen molar-refractivity contribution < 1.29 is 26.3 Å². The summed E-state index contributed by atoms with van der Waals surface area (Å²) in [5.74, 6) is 0. The SMILES string of the molecule is C=CC(Cl)(C(F)(F)F)C(F)(F)F. The van der Waals surface area contributed by atoms with E-state index in [0.29, 0.717) is 0 Å². The van der Waals surface area contributed by atoms with Crippen molar-refractivity contribution in [3.8, 4) is 0 Å². The zero-order chi connectivity index (χ0) is 10.2. The van der Waals surface area contributed by atoms with E-state index in [1.165, 1.54) is 0 Å². The standard InChI is InChI=1S/C5H3ClF6/c1-2-3(6,4(7,8)9)5(10,11)12/h2H,1H2. The molecule has 12 heavy (non-hydrogen) atoms. The number of hydrogen-bond acceptors (Lipinski definition) is 0. The Labute approximate surface area is 68.8 Å².